The molecule has 0 bridgehead atoms. The number of halogens is 1. The van der Waals surface area contributed by atoms with Crippen molar-refractivity contribution in [2.45, 2.75) is 26.2 Å². The van der Waals surface area contributed by atoms with Crippen molar-refractivity contribution in [3.63, 3.8) is 0 Å². The topological polar surface area (TPSA) is 44.7 Å². The van der Waals surface area contributed by atoms with Crippen molar-refractivity contribution in [2.75, 3.05) is 18.4 Å². The molecule has 0 saturated carbocycles. The minimum atomic E-state index is -0.0215. The van der Waals surface area contributed by atoms with E-state index in [1.807, 2.05) is 30.3 Å². The number of allylic oxidation sites excluding steroid dienone is 1. The van der Waals surface area contributed by atoms with Crippen molar-refractivity contribution in [1.29, 1.82) is 0 Å². The number of hydrogen-bond acceptors (Lipinski definition) is 4. The summed E-state index contributed by atoms with van der Waals surface area (Å²) in [4.78, 5) is 20.1. The summed E-state index contributed by atoms with van der Waals surface area (Å²) in [6.07, 6.45) is 3.01. The summed E-state index contributed by atoms with van der Waals surface area (Å²) in [7, 11) is 0. The van der Waals surface area contributed by atoms with Crippen molar-refractivity contribution in [1.82, 2.24) is 4.90 Å². The number of hydrogen-bond donors (Lipinski definition) is 1. The van der Waals surface area contributed by atoms with Gasteiger partial charge in [-0.15, -0.1) is 12.4 Å². The van der Waals surface area contributed by atoms with Crippen LogP contribution in [0.2, 0.25) is 0 Å². The lowest BCUT2D eigenvalue weighted by molar-refractivity contribution is -0.112. The Kier molecular flexibility index (Phi) is 5.91. The molecule has 1 aromatic rings. The molecule has 0 fully saturated rings. The van der Waals surface area contributed by atoms with Crippen LogP contribution in [0.25, 0.3) is 0 Å². The molecule has 1 N–H and O–H groups in total. The summed E-state index contributed by atoms with van der Waals surface area (Å²) >= 11 is 1.51. The van der Waals surface area contributed by atoms with Gasteiger partial charge in [0.05, 0.1) is 4.91 Å². The summed E-state index contributed by atoms with van der Waals surface area (Å²) in [5.41, 5.74) is 1.97. The molecule has 1 aromatic carbocycles. The zero-order valence-electron chi connectivity index (χ0n) is 12.5. The number of carbonyl (C=O) groups is 1. The SMILES string of the molecule is CCCC1=C(C(=O)Nc2ccccc2)SC2=NCCCN21.Cl. The fraction of sp³-hybridized carbons (Fsp3) is 0.375. The second-order valence-corrected chi connectivity index (χ2v) is 6.10. The molecule has 0 unspecified atom stereocenters. The van der Waals surface area contributed by atoms with Crippen molar-refractivity contribution in [2.24, 2.45) is 4.99 Å². The van der Waals surface area contributed by atoms with Gasteiger partial charge in [0.15, 0.2) is 5.17 Å². The maximum atomic E-state index is 12.6. The Morgan fingerprint density at radius 1 is 1.36 bits per heavy atom. The maximum Gasteiger partial charge on any atom is 0.264 e. The highest BCUT2D eigenvalue weighted by atomic mass is 35.5. The minimum Gasteiger partial charge on any atom is -0.323 e. The van der Waals surface area contributed by atoms with Crippen LogP contribution in [-0.4, -0.2) is 29.1 Å². The number of aliphatic imine (C=N–C) groups is 1. The second kappa shape index (κ2) is 7.70. The molecule has 4 nitrogen and oxygen atoms in total. The van der Waals surface area contributed by atoms with Gasteiger partial charge in [0.1, 0.15) is 0 Å². The Bertz CT molecular complexity index is 601. The number of thioether (sulfide) groups is 1. The number of rotatable bonds is 4. The van der Waals surface area contributed by atoms with E-state index < -0.39 is 0 Å². The Morgan fingerprint density at radius 3 is 2.86 bits per heavy atom. The Labute approximate surface area is 141 Å². The quantitative estimate of drug-likeness (QED) is 0.907. The van der Waals surface area contributed by atoms with Gasteiger partial charge in [-0.05, 0) is 36.7 Å². The average molecular weight is 338 g/mol. The predicted octanol–water partition coefficient (Wildman–Crippen LogP) is 3.87. The van der Waals surface area contributed by atoms with Gasteiger partial charge >= 0.3 is 0 Å². The number of anilines is 1. The van der Waals surface area contributed by atoms with Crippen LogP contribution in [0, 0.1) is 0 Å². The molecule has 0 aliphatic carbocycles. The summed E-state index contributed by atoms with van der Waals surface area (Å²) in [6, 6.07) is 9.60. The number of nitrogens with zero attached hydrogens (tertiary/aromatic N) is 2. The van der Waals surface area contributed by atoms with E-state index in [0.29, 0.717) is 0 Å². The molecule has 0 saturated heterocycles. The molecule has 0 spiro atoms. The van der Waals surface area contributed by atoms with E-state index in [-0.39, 0.29) is 18.3 Å². The van der Waals surface area contributed by atoms with Crippen molar-refractivity contribution < 1.29 is 4.79 Å². The highest BCUT2D eigenvalue weighted by Crippen LogP contribution is 2.38. The van der Waals surface area contributed by atoms with Crippen LogP contribution in [0.3, 0.4) is 0 Å². The molecule has 0 aromatic heterocycles. The van der Waals surface area contributed by atoms with Crippen LogP contribution in [0.5, 0.6) is 0 Å². The first kappa shape index (κ1) is 16.9. The first-order chi connectivity index (χ1) is 10.3. The van der Waals surface area contributed by atoms with Gasteiger partial charge in [-0.25, -0.2) is 0 Å². The van der Waals surface area contributed by atoms with Crippen LogP contribution < -0.4 is 5.32 Å². The summed E-state index contributed by atoms with van der Waals surface area (Å²) < 4.78 is 0. The highest BCUT2D eigenvalue weighted by molar-refractivity contribution is 8.18. The van der Waals surface area contributed by atoms with Gasteiger partial charge in [0.2, 0.25) is 0 Å². The number of carbonyl (C=O) groups excluding carboxylic acids is 1. The third-order valence-corrected chi connectivity index (χ3v) is 4.68. The van der Waals surface area contributed by atoms with Gasteiger partial charge < -0.3 is 10.2 Å². The zero-order valence-corrected chi connectivity index (χ0v) is 14.2. The fourth-order valence-electron chi connectivity index (χ4n) is 2.57. The van der Waals surface area contributed by atoms with Crippen molar-refractivity contribution in [3.05, 3.63) is 40.9 Å². The highest BCUT2D eigenvalue weighted by Gasteiger charge is 2.33. The normalized spacial score (nSPS) is 16.8. The molecule has 0 radical (unpaired) electrons. The van der Waals surface area contributed by atoms with Crippen molar-refractivity contribution >= 4 is 40.9 Å². The summed E-state index contributed by atoms with van der Waals surface area (Å²) in [5, 5.41) is 3.97. The molecule has 2 aliphatic heterocycles. The van der Waals surface area contributed by atoms with E-state index in [0.717, 1.165) is 53.8 Å². The van der Waals surface area contributed by atoms with Gasteiger partial charge in [0, 0.05) is 24.5 Å². The first-order valence-corrected chi connectivity index (χ1v) is 8.20. The molecule has 22 heavy (non-hydrogen) atoms. The van der Waals surface area contributed by atoms with E-state index >= 15 is 0 Å². The summed E-state index contributed by atoms with van der Waals surface area (Å²) in [6.45, 7) is 3.98. The molecular weight excluding hydrogens is 318 g/mol. The minimum absolute atomic E-state index is 0. The Balaban J connectivity index is 0.00000176. The monoisotopic (exact) mass is 337 g/mol. The molecule has 3 rings (SSSR count). The van der Waals surface area contributed by atoms with Gasteiger partial charge in [-0.1, -0.05) is 31.5 Å². The van der Waals surface area contributed by atoms with E-state index in [9.17, 15) is 4.79 Å². The van der Waals surface area contributed by atoms with Crippen LogP contribution >= 0.6 is 24.2 Å². The second-order valence-electron chi connectivity index (χ2n) is 5.12. The molecule has 2 aliphatic rings. The lowest BCUT2D eigenvalue weighted by Gasteiger charge is -2.25. The molecule has 2 heterocycles. The van der Waals surface area contributed by atoms with Gasteiger partial charge in [-0.3, -0.25) is 9.79 Å². The first-order valence-electron chi connectivity index (χ1n) is 7.39. The zero-order chi connectivity index (χ0) is 14.7. The van der Waals surface area contributed by atoms with Crippen LogP contribution in [0.1, 0.15) is 26.2 Å². The number of fused-ring (bicyclic) bond motifs is 1. The van der Waals surface area contributed by atoms with E-state index in [1.54, 1.807) is 0 Å². The third kappa shape index (κ3) is 3.47. The predicted molar refractivity (Wildman–Crippen MR) is 95.5 cm³/mol. The number of amidine groups is 1. The van der Waals surface area contributed by atoms with Crippen LogP contribution in [0.4, 0.5) is 5.69 Å². The van der Waals surface area contributed by atoms with E-state index in [2.05, 4.69) is 22.1 Å². The number of benzene rings is 1. The smallest absolute Gasteiger partial charge is 0.264 e. The van der Waals surface area contributed by atoms with Gasteiger partial charge in [-0.2, -0.15) is 0 Å². The van der Waals surface area contributed by atoms with E-state index in [4.69, 9.17) is 0 Å². The number of para-hydroxylation sites is 1. The Hall–Kier alpha value is -1.46. The lowest BCUT2D eigenvalue weighted by atomic mass is 10.2. The Morgan fingerprint density at radius 2 is 2.14 bits per heavy atom. The maximum absolute atomic E-state index is 12.6. The molecule has 1 amide bonds. The molecule has 118 valence electrons. The number of amides is 1. The molecule has 0 atom stereocenters. The van der Waals surface area contributed by atoms with Crippen LogP contribution in [-0.2, 0) is 4.79 Å². The average Bonchev–Trinajstić information content (AvgIpc) is 2.88. The summed E-state index contributed by atoms with van der Waals surface area (Å²) in [5.74, 6) is -0.0215. The lowest BCUT2D eigenvalue weighted by Crippen LogP contribution is -2.29. The van der Waals surface area contributed by atoms with E-state index in [1.165, 1.54) is 11.8 Å². The largest absolute Gasteiger partial charge is 0.323 e. The van der Waals surface area contributed by atoms with Crippen molar-refractivity contribution in [3.8, 4) is 0 Å². The van der Waals surface area contributed by atoms with Crippen LogP contribution in [0.15, 0.2) is 45.9 Å². The molecule has 6 heteroatoms. The number of nitrogens with one attached hydrogen (secondary N) is 1. The fourth-order valence-corrected chi connectivity index (χ4v) is 3.69. The standard InChI is InChI=1S/C16H19N3OS.ClH/c1-2-7-13-14(21-16-17-10-6-11-19(13)16)15(20)18-12-8-4-3-5-9-12;/h3-5,8-9H,2,6-7,10-11H2,1H3,(H,18,20);1H. The third-order valence-electron chi connectivity index (χ3n) is 3.52. The van der Waals surface area contributed by atoms with Gasteiger partial charge in [0.25, 0.3) is 5.91 Å². The molecular formula is C16H20ClN3OS.